The van der Waals surface area contributed by atoms with Crippen molar-refractivity contribution in [3.05, 3.63) is 41.6 Å². The van der Waals surface area contributed by atoms with Gasteiger partial charge in [0.25, 0.3) is 5.91 Å². The summed E-state index contributed by atoms with van der Waals surface area (Å²) < 4.78 is 5.93. The molecule has 8 heteroatoms. The number of nitrogens with zero attached hydrogens (tertiary/aromatic N) is 1. The van der Waals surface area contributed by atoms with Gasteiger partial charge in [0.15, 0.2) is 0 Å². The first-order chi connectivity index (χ1) is 16.1. The minimum Gasteiger partial charge on any atom is -0.492 e. The Kier molecular flexibility index (Phi) is 7.93. The number of fused-ring (bicyclic) bond motifs is 1. The highest BCUT2D eigenvalue weighted by Gasteiger charge is 2.53. The van der Waals surface area contributed by atoms with Gasteiger partial charge in [-0.15, -0.1) is 0 Å². The van der Waals surface area contributed by atoms with Crippen molar-refractivity contribution in [1.29, 1.82) is 5.41 Å². The van der Waals surface area contributed by atoms with Gasteiger partial charge in [-0.05, 0) is 45.0 Å². The lowest BCUT2D eigenvalue weighted by Crippen LogP contribution is -2.65. The van der Waals surface area contributed by atoms with E-state index >= 15 is 0 Å². The molecule has 1 saturated heterocycles. The van der Waals surface area contributed by atoms with E-state index in [1.54, 1.807) is 6.07 Å². The van der Waals surface area contributed by atoms with Gasteiger partial charge in [-0.25, -0.2) is 0 Å². The monoisotopic (exact) mass is 471 g/mol. The molecule has 0 radical (unpaired) electrons. The molecule has 1 aromatic carbocycles. The van der Waals surface area contributed by atoms with Gasteiger partial charge in [0.1, 0.15) is 5.75 Å². The van der Waals surface area contributed by atoms with E-state index in [0.29, 0.717) is 43.3 Å². The highest BCUT2D eigenvalue weighted by atomic mass is 16.5. The van der Waals surface area contributed by atoms with Crippen LogP contribution >= 0.6 is 0 Å². The van der Waals surface area contributed by atoms with E-state index in [0.717, 1.165) is 12.0 Å². The summed E-state index contributed by atoms with van der Waals surface area (Å²) in [6, 6.07) is 5.00. The van der Waals surface area contributed by atoms with Crippen molar-refractivity contribution >= 4 is 11.7 Å². The summed E-state index contributed by atoms with van der Waals surface area (Å²) in [5.74, 6) is 0.817. The topological polar surface area (TPSA) is 110 Å². The first kappa shape index (κ1) is 26.0. The van der Waals surface area contributed by atoms with E-state index in [-0.39, 0.29) is 17.4 Å². The zero-order valence-corrected chi connectivity index (χ0v) is 21.4. The van der Waals surface area contributed by atoms with Crippen LogP contribution in [-0.2, 0) is 5.41 Å². The molecule has 0 spiro atoms. The Morgan fingerprint density at radius 2 is 2.12 bits per heavy atom. The fraction of sp³-hybridized carbons (Fsp3) is 0.615. The average Bonchev–Trinajstić information content (AvgIpc) is 3.01. The lowest BCUT2D eigenvalue weighted by Gasteiger charge is -2.43. The third-order valence-corrected chi connectivity index (χ3v) is 7.57. The van der Waals surface area contributed by atoms with Crippen molar-refractivity contribution in [2.24, 2.45) is 0 Å². The summed E-state index contributed by atoms with van der Waals surface area (Å²) in [7, 11) is 1.95. The molecule has 5 N–H and O–H groups in total. The number of likely N-dealkylation sites (tertiary alicyclic amines) is 1. The Hall–Kier alpha value is -2.58. The van der Waals surface area contributed by atoms with E-state index in [1.165, 1.54) is 0 Å². The van der Waals surface area contributed by atoms with Crippen LogP contribution in [0.25, 0.3) is 0 Å². The SMILES string of the molecule is C/C=C\NCC(NC(=N)CC)C1(C)[C@H](O)[C@H](NC(=O)c2cccc3c2OCCC3(C)C)CN1C. The fourth-order valence-corrected chi connectivity index (χ4v) is 5.03. The molecule has 4 atom stereocenters. The predicted molar refractivity (Wildman–Crippen MR) is 136 cm³/mol. The first-order valence-electron chi connectivity index (χ1n) is 12.2. The number of aliphatic hydroxyl groups excluding tert-OH is 1. The van der Waals surface area contributed by atoms with Gasteiger partial charge in [-0.2, -0.15) is 0 Å². The molecule has 0 aromatic heterocycles. The third-order valence-electron chi connectivity index (χ3n) is 7.57. The Labute approximate surface area is 203 Å². The molecule has 2 unspecified atom stereocenters. The number of para-hydroxylation sites is 1. The van der Waals surface area contributed by atoms with Crippen molar-refractivity contribution in [2.45, 2.75) is 76.6 Å². The molecule has 1 aromatic rings. The first-order valence-corrected chi connectivity index (χ1v) is 12.2. The van der Waals surface area contributed by atoms with Crippen LogP contribution in [0.3, 0.4) is 0 Å². The van der Waals surface area contributed by atoms with Crippen LogP contribution in [0, 0.1) is 5.41 Å². The van der Waals surface area contributed by atoms with Crippen LogP contribution in [0.1, 0.15) is 63.4 Å². The summed E-state index contributed by atoms with van der Waals surface area (Å²) >= 11 is 0. The Balaban J connectivity index is 1.82. The molecular formula is C26H41N5O3. The fourth-order valence-electron chi connectivity index (χ4n) is 5.03. The second kappa shape index (κ2) is 10.4. The highest BCUT2D eigenvalue weighted by molar-refractivity contribution is 5.97. The predicted octanol–water partition coefficient (Wildman–Crippen LogP) is 2.38. The van der Waals surface area contributed by atoms with Gasteiger partial charge in [0.2, 0.25) is 0 Å². The summed E-state index contributed by atoms with van der Waals surface area (Å²) in [4.78, 5) is 15.4. The number of benzene rings is 1. The van der Waals surface area contributed by atoms with Crippen molar-refractivity contribution in [1.82, 2.24) is 20.9 Å². The number of amides is 1. The number of likely N-dealkylation sites (N-methyl/N-ethyl adjacent to an activating group) is 1. The standard InChI is InChI=1S/C26H41N5O3/c1-7-13-28-15-20(30-21(27)8-2)26(5)23(32)19(16-31(26)6)29-24(33)17-10-9-11-18-22(17)34-14-12-25(18,3)4/h7,9-11,13,19-20,23,28,32H,8,12,14-16H2,1-6H3,(H2,27,30)(H,29,33)/b13-7-/t19-,20?,23-,26?/m1/s1. The third kappa shape index (κ3) is 4.93. The van der Waals surface area contributed by atoms with Gasteiger partial charge >= 0.3 is 0 Å². The molecule has 0 aliphatic carbocycles. The van der Waals surface area contributed by atoms with Gasteiger partial charge in [0.05, 0.1) is 41.7 Å². The summed E-state index contributed by atoms with van der Waals surface area (Å²) in [5.41, 5.74) is 0.782. The molecule has 34 heavy (non-hydrogen) atoms. The van der Waals surface area contributed by atoms with E-state index in [4.69, 9.17) is 10.1 Å². The van der Waals surface area contributed by atoms with Crippen LogP contribution in [0.15, 0.2) is 30.5 Å². The maximum absolute atomic E-state index is 13.4. The summed E-state index contributed by atoms with van der Waals surface area (Å²) in [5, 5.41) is 29.2. The molecular weight excluding hydrogens is 430 g/mol. The Morgan fingerprint density at radius 1 is 1.38 bits per heavy atom. The number of carbonyl (C=O) groups is 1. The molecule has 2 aliphatic heterocycles. The van der Waals surface area contributed by atoms with Crippen LogP contribution in [-0.4, -0.2) is 72.2 Å². The molecule has 188 valence electrons. The van der Waals surface area contributed by atoms with Crippen LogP contribution in [0.5, 0.6) is 5.75 Å². The highest BCUT2D eigenvalue weighted by Crippen LogP contribution is 2.40. The number of hydrogen-bond donors (Lipinski definition) is 5. The Morgan fingerprint density at radius 3 is 2.79 bits per heavy atom. The smallest absolute Gasteiger partial charge is 0.255 e. The van der Waals surface area contributed by atoms with E-state index < -0.39 is 17.7 Å². The van der Waals surface area contributed by atoms with Gasteiger partial charge in [-0.3, -0.25) is 15.1 Å². The number of aliphatic hydroxyl groups is 1. The number of allylic oxidation sites excluding steroid dienone is 1. The quantitative estimate of drug-likeness (QED) is 0.294. The lowest BCUT2D eigenvalue weighted by molar-refractivity contribution is 0.0219. The number of rotatable bonds is 8. The normalized spacial score (nSPS) is 27.0. The second-order valence-electron chi connectivity index (χ2n) is 10.2. The Bertz CT molecular complexity index is 931. The maximum Gasteiger partial charge on any atom is 0.255 e. The van der Waals surface area contributed by atoms with E-state index in [2.05, 4.69) is 34.7 Å². The molecule has 1 fully saturated rings. The number of nitrogens with one attached hydrogen (secondary N) is 4. The number of amidine groups is 1. The average molecular weight is 472 g/mol. The molecule has 2 heterocycles. The van der Waals surface area contributed by atoms with Gasteiger partial charge in [0, 0.05) is 25.1 Å². The molecule has 0 saturated carbocycles. The van der Waals surface area contributed by atoms with E-state index in [1.807, 2.05) is 52.2 Å². The van der Waals surface area contributed by atoms with Crippen LogP contribution in [0.2, 0.25) is 0 Å². The second-order valence-corrected chi connectivity index (χ2v) is 10.2. The molecule has 1 amide bonds. The molecule has 3 rings (SSSR count). The number of ether oxygens (including phenoxy) is 1. The largest absolute Gasteiger partial charge is 0.492 e. The van der Waals surface area contributed by atoms with Crippen LogP contribution < -0.4 is 20.7 Å². The summed E-state index contributed by atoms with van der Waals surface area (Å²) in [6.07, 6.45) is 4.40. The number of hydrogen-bond acceptors (Lipinski definition) is 6. The zero-order valence-electron chi connectivity index (χ0n) is 21.4. The molecule has 2 aliphatic rings. The molecule has 8 nitrogen and oxygen atoms in total. The lowest BCUT2D eigenvalue weighted by atomic mass is 9.79. The zero-order chi connectivity index (χ0) is 25.1. The maximum atomic E-state index is 13.4. The van der Waals surface area contributed by atoms with Crippen molar-refractivity contribution in [3.8, 4) is 5.75 Å². The van der Waals surface area contributed by atoms with E-state index in [9.17, 15) is 9.90 Å². The van der Waals surface area contributed by atoms with Gasteiger partial charge in [-0.1, -0.05) is 39.0 Å². The van der Waals surface area contributed by atoms with Crippen molar-refractivity contribution in [2.75, 3.05) is 26.7 Å². The van der Waals surface area contributed by atoms with Crippen LogP contribution in [0.4, 0.5) is 0 Å². The molecule has 0 bridgehead atoms. The summed E-state index contributed by atoms with van der Waals surface area (Å²) in [6.45, 7) is 11.8. The van der Waals surface area contributed by atoms with Crippen molar-refractivity contribution < 1.29 is 14.6 Å². The number of carbonyl (C=O) groups excluding carboxylic acids is 1. The van der Waals surface area contributed by atoms with Crippen molar-refractivity contribution in [3.63, 3.8) is 0 Å². The van der Waals surface area contributed by atoms with Gasteiger partial charge < -0.3 is 25.8 Å². The minimum atomic E-state index is -0.840. The minimum absolute atomic E-state index is 0.0574.